The summed E-state index contributed by atoms with van der Waals surface area (Å²) in [6.07, 6.45) is 0. The highest BCUT2D eigenvalue weighted by Crippen LogP contribution is 2.20. The van der Waals surface area contributed by atoms with E-state index in [1.54, 1.807) is 4.68 Å². The molecule has 0 N–H and O–H groups in total. The van der Waals surface area contributed by atoms with E-state index in [9.17, 15) is 4.79 Å². The van der Waals surface area contributed by atoms with Crippen molar-refractivity contribution in [3.05, 3.63) is 51.3 Å². The molecule has 0 unspecified atom stereocenters. The second kappa shape index (κ2) is 5.92. The second-order valence-electron chi connectivity index (χ2n) is 5.34. The molecule has 0 atom stereocenters. The van der Waals surface area contributed by atoms with Gasteiger partial charge in [0, 0.05) is 5.56 Å². The summed E-state index contributed by atoms with van der Waals surface area (Å²) in [5.74, 6) is 0.560. The van der Waals surface area contributed by atoms with Crippen molar-refractivity contribution in [2.24, 2.45) is 0 Å². The van der Waals surface area contributed by atoms with E-state index in [1.165, 1.54) is 5.56 Å². The van der Waals surface area contributed by atoms with Gasteiger partial charge in [-0.1, -0.05) is 38.1 Å². The molecule has 0 amide bonds. The van der Waals surface area contributed by atoms with Gasteiger partial charge >= 0.3 is 0 Å². The summed E-state index contributed by atoms with van der Waals surface area (Å²) in [4.78, 5) is 12.3. The van der Waals surface area contributed by atoms with Crippen LogP contribution < -0.4 is 0 Å². The number of aromatic nitrogens is 2. The molecule has 0 saturated heterocycles. The highest BCUT2D eigenvalue weighted by molar-refractivity contribution is 9.10. The van der Waals surface area contributed by atoms with E-state index in [-0.39, 0.29) is 12.3 Å². The summed E-state index contributed by atoms with van der Waals surface area (Å²) >= 11 is 3.48. The first-order chi connectivity index (χ1) is 9.40. The van der Waals surface area contributed by atoms with Gasteiger partial charge in [-0.3, -0.25) is 9.48 Å². The Morgan fingerprint density at radius 2 is 1.85 bits per heavy atom. The number of hydrogen-bond acceptors (Lipinski definition) is 2. The van der Waals surface area contributed by atoms with E-state index in [0.29, 0.717) is 5.92 Å². The molecular formula is C16H19BrN2O. The number of rotatable bonds is 4. The van der Waals surface area contributed by atoms with Crippen LogP contribution in [0.1, 0.15) is 47.1 Å². The lowest BCUT2D eigenvalue weighted by molar-refractivity contribution is 0.0966. The first kappa shape index (κ1) is 15.0. The van der Waals surface area contributed by atoms with Crippen LogP contribution in [0.15, 0.2) is 28.7 Å². The summed E-state index contributed by atoms with van der Waals surface area (Å²) in [6, 6.07) is 7.85. The summed E-state index contributed by atoms with van der Waals surface area (Å²) in [5.41, 5.74) is 3.87. The normalized spacial score (nSPS) is 11.1. The van der Waals surface area contributed by atoms with E-state index >= 15 is 0 Å². The van der Waals surface area contributed by atoms with Crippen LogP contribution in [0.3, 0.4) is 0 Å². The molecule has 0 fully saturated rings. The second-order valence-corrected chi connectivity index (χ2v) is 6.14. The molecule has 0 aliphatic carbocycles. The van der Waals surface area contributed by atoms with E-state index in [1.807, 2.05) is 38.1 Å². The molecule has 106 valence electrons. The number of Topliss-reactive ketones (excluding diaryl/α,β-unsaturated/α-hetero) is 1. The highest BCUT2D eigenvalue weighted by Gasteiger charge is 2.13. The molecule has 0 saturated carbocycles. The third kappa shape index (κ3) is 3.01. The van der Waals surface area contributed by atoms with Gasteiger partial charge in [0.15, 0.2) is 5.78 Å². The molecule has 0 aliphatic rings. The molecule has 20 heavy (non-hydrogen) atoms. The van der Waals surface area contributed by atoms with E-state index in [0.717, 1.165) is 21.4 Å². The van der Waals surface area contributed by atoms with Gasteiger partial charge < -0.3 is 0 Å². The maximum atomic E-state index is 12.3. The maximum absolute atomic E-state index is 12.3. The standard InChI is InChI=1S/C16H19BrN2O/c1-10(2)13-5-7-14(8-6-13)15(20)9-19-12(4)16(17)11(3)18-19/h5-8,10H,9H2,1-4H3. The summed E-state index contributed by atoms with van der Waals surface area (Å²) in [5, 5.41) is 4.37. The third-order valence-corrected chi connectivity index (χ3v) is 4.63. The SMILES string of the molecule is Cc1nn(CC(=O)c2ccc(C(C)C)cc2)c(C)c1Br. The Morgan fingerprint density at radius 3 is 2.30 bits per heavy atom. The molecule has 1 aromatic heterocycles. The minimum Gasteiger partial charge on any atom is -0.292 e. The van der Waals surface area contributed by atoms with Crippen LogP contribution in [0.25, 0.3) is 0 Å². The van der Waals surface area contributed by atoms with Crippen molar-refractivity contribution in [2.45, 2.75) is 40.2 Å². The van der Waals surface area contributed by atoms with Crippen LogP contribution in [0.4, 0.5) is 0 Å². The third-order valence-electron chi connectivity index (χ3n) is 3.49. The molecule has 1 aromatic carbocycles. The summed E-state index contributed by atoms with van der Waals surface area (Å²) in [6.45, 7) is 8.45. The number of halogens is 1. The lowest BCUT2D eigenvalue weighted by Gasteiger charge is -2.07. The van der Waals surface area contributed by atoms with Crippen molar-refractivity contribution in [3.8, 4) is 0 Å². The topological polar surface area (TPSA) is 34.9 Å². The van der Waals surface area contributed by atoms with Crippen molar-refractivity contribution in [2.75, 3.05) is 0 Å². The first-order valence-electron chi connectivity index (χ1n) is 6.72. The molecule has 2 aromatic rings. The largest absolute Gasteiger partial charge is 0.292 e. The Bertz CT molecular complexity index is 627. The number of ketones is 1. The number of hydrogen-bond donors (Lipinski definition) is 0. The number of carbonyl (C=O) groups excluding carboxylic acids is 1. The zero-order valence-electron chi connectivity index (χ0n) is 12.3. The van der Waals surface area contributed by atoms with Crippen LogP contribution >= 0.6 is 15.9 Å². The number of nitrogens with zero attached hydrogens (tertiary/aromatic N) is 2. The van der Waals surface area contributed by atoms with Crippen LogP contribution in [-0.2, 0) is 6.54 Å². The summed E-state index contributed by atoms with van der Waals surface area (Å²) < 4.78 is 2.72. The Labute approximate surface area is 128 Å². The zero-order valence-corrected chi connectivity index (χ0v) is 13.9. The van der Waals surface area contributed by atoms with Gasteiger partial charge in [0.1, 0.15) is 6.54 Å². The first-order valence-corrected chi connectivity index (χ1v) is 7.52. The van der Waals surface area contributed by atoms with Gasteiger partial charge in [-0.05, 0) is 41.3 Å². The van der Waals surface area contributed by atoms with Crippen LogP contribution in [0.5, 0.6) is 0 Å². The minimum absolute atomic E-state index is 0.0819. The Balaban J connectivity index is 2.17. The van der Waals surface area contributed by atoms with Crippen molar-refractivity contribution in [1.82, 2.24) is 9.78 Å². The molecule has 0 bridgehead atoms. The number of benzene rings is 1. The monoisotopic (exact) mass is 334 g/mol. The molecule has 4 heteroatoms. The number of aryl methyl sites for hydroxylation is 1. The molecule has 0 aliphatic heterocycles. The van der Waals surface area contributed by atoms with Gasteiger partial charge in [-0.25, -0.2) is 0 Å². The van der Waals surface area contributed by atoms with Crippen LogP contribution in [-0.4, -0.2) is 15.6 Å². The predicted molar refractivity (Wildman–Crippen MR) is 84.3 cm³/mol. The number of carbonyl (C=O) groups is 1. The Kier molecular flexibility index (Phi) is 4.43. The van der Waals surface area contributed by atoms with Gasteiger partial charge in [-0.15, -0.1) is 0 Å². The Hall–Kier alpha value is -1.42. The van der Waals surface area contributed by atoms with Gasteiger partial charge in [-0.2, -0.15) is 5.10 Å². The van der Waals surface area contributed by atoms with E-state index < -0.39 is 0 Å². The summed E-state index contributed by atoms with van der Waals surface area (Å²) in [7, 11) is 0. The molecule has 0 radical (unpaired) electrons. The molecular weight excluding hydrogens is 316 g/mol. The van der Waals surface area contributed by atoms with Crippen molar-refractivity contribution >= 4 is 21.7 Å². The fourth-order valence-electron chi connectivity index (χ4n) is 2.11. The molecule has 1 heterocycles. The predicted octanol–water partition coefficient (Wildman–Crippen LogP) is 4.27. The highest BCUT2D eigenvalue weighted by atomic mass is 79.9. The molecule has 2 rings (SSSR count). The van der Waals surface area contributed by atoms with Crippen molar-refractivity contribution < 1.29 is 4.79 Å². The lowest BCUT2D eigenvalue weighted by atomic mass is 10.0. The van der Waals surface area contributed by atoms with E-state index in [4.69, 9.17) is 0 Å². The van der Waals surface area contributed by atoms with Gasteiger partial charge in [0.25, 0.3) is 0 Å². The van der Waals surface area contributed by atoms with Crippen molar-refractivity contribution in [1.29, 1.82) is 0 Å². The smallest absolute Gasteiger partial charge is 0.184 e. The zero-order chi connectivity index (χ0) is 14.9. The van der Waals surface area contributed by atoms with Crippen molar-refractivity contribution in [3.63, 3.8) is 0 Å². The fraction of sp³-hybridized carbons (Fsp3) is 0.375. The van der Waals surface area contributed by atoms with Crippen LogP contribution in [0.2, 0.25) is 0 Å². The Morgan fingerprint density at radius 1 is 1.25 bits per heavy atom. The maximum Gasteiger partial charge on any atom is 0.184 e. The average Bonchev–Trinajstić information content (AvgIpc) is 2.66. The van der Waals surface area contributed by atoms with Gasteiger partial charge in [0.05, 0.1) is 15.9 Å². The average molecular weight is 335 g/mol. The fourth-order valence-corrected chi connectivity index (χ4v) is 2.39. The molecule has 3 nitrogen and oxygen atoms in total. The van der Waals surface area contributed by atoms with Crippen LogP contribution in [0, 0.1) is 13.8 Å². The minimum atomic E-state index is 0.0819. The molecule has 0 spiro atoms. The van der Waals surface area contributed by atoms with Gasteiger partial charge in [0.2, 0.25) is 0 Å². The lowest BCUT2D eigenvalue weighted by Crippen LogP contribution is -2.13. The quantitative estimate of drug-likeness (QED) is 0.782. The van der Waals surface area contributed by atoms with E-state index in [2.05, 4.69) is 34.9 Å².